The first-order valence-corrected chi connectivity index (χ1v) is 14.1. The van der Waals surface area contributed by atoms with Crippen LogP contribution in [0.4, 0.5) is 5.69 Å². The fraction of sp³-hybridized carbons (Fsp3) is 0.222. The van der Waals surface area contributed by atoms with Gasteiger partial charge in [0.1, 0.15) is 23.9 Å². The van der Waals surface area contributed by atoms with E-state index in [-0.39, 0.29) is 11.3 Å². The first-order valence-electron chi connectivity index (χ1n) is 14.1. The average Bonchev–Trinajstić information content (AvgIpc) is 3.25. The number of Topliss-reactive ketones (excluding diaryl/α,β-unsaturated/α-hetero) is 1. The van der Waals surface area contributed by atoms with Crippen LogP contribution in [0.3, 0.4) is 0 Å². The first kappa shape index (κ1) is 28.7. The largest absolute Gasteiger partial charge is 0.507 e. The highest BCUT2D eigenvalue weighted by Gasteiger charge is 2.47. The van der Waals surface area contributed by atoms with E-state index in [0.717, 1.165) is 16.7 Å². The van der Waals surface area contributed by atoms with E-state index in [1.807, 2.05) is 86.6 Å². The Morgan fingerprint density at radius 1 is 0.857 bits per heavy atom. The number of rotatable bonds is 9. The second kappa shape index (κ2) is 12.4. The number of carbonyl (C=O) groups excluding carboxylic acids is 2. The fourth-order valence-electron chi connectivity index (χ4n) is 5.05. The van der Waals surface area contributed by atoms with Crippen molar-refractivity contribution in [1.82, 2.24) is 0 Å². The van der Waals surface area contributed by atoms with Crippen LogP contribution in [0.25, 0.3) is 5.76 Å². The Labute approximate surface area is 246 Å². The van der Waals surface area contributed by atoms with Crippen molar-refractivity contribution in [2.75, 3.05) is 11.5 Å². The summed E-state index contributed by atoms with van der Waals surface area (Å²) in [7, 11) is 0. The molecule has 0 radical (unpaired) electrons. The third kappa shape index (κ3) is 6.08. The van der Waals surface area contributed by atoms with Crippen molar-refractivity contribution in [3.05, 3.63) is 130 Å². The van der Waals surface area contributed by atoms with Crippen LogP contribution in [0.15, 0.2) is 103 Å². The number of nitrogens with zero attached hydrogens (tertiary/aromatic N) is 1. The molecular formula is C36H35NO5. The molecule has 1 N–H and O–H groups in total. The number of hydrogen-bond donors (Lipinski definition) is 1. The highest BCUT2D eigenvalue weighted by Crippen LogP contribution is 2.43. The number of aliphatic hydroxyl groups excluding tert-OH is 1. The number of benzene rings is 4. The number of aryl methyl sites for hydroxylation is 2. The topological polar surface area (TPSA) is 76.1 Å². The molecule has 1 saturated heterocycles. The van der Waals surface area contributed by atoms with Crippen LogP contribution in [0.5, 0.6) is 11.5 Å². The monoisotopic (exact) mass is 561 g/mol. The van der Waals surface area contributed by atoms with Gasteiger partial charge in [-0.15, -0.1) is 0 Å². The molecule has 1 heterocycles. The first-order chi connectivity index (χ1) is 20.2. The van der Waals surface area contributed by atoms with Gasteiger partial charge in [0.2, 0.25) is 0 Å². The molecule has 1 amide bonds. The number of amides is 1. The minimum absolute atomic E-state index is 0.0368. The van der Waals surface area contributed by atoms with Crippen molar-refractivity contribution < 1.29 is 24.2 Å². The minimum Gasteiger partial charge on any atom is -0.507 e. The van der Waals surface area contributed by atoms with Crippen LogP contribution in [0, 0.1) is 19.8 Å². The van der Waals surface area contributed by atoms with Gasteiger partial charge in [0.15, 0.2) is 0 Å². The molecule has 0 aliphatic carbocycles. The van der Waals surface area contributed by atoms with Gasteiger partial charge in [-0.1, -0.05) is 68.4 Å². The summed E-state index contributed by atoms with van der Waals surface area (Å²) >= 11 is 0. The van der Waals surface area contributed by atoms with Gasteiger partial charge in [-0.05, 0) is 84.5 Å². The van der Waals surface area contributed by atoms with Crippen LogP contribution in [-0.4, -0.2) is 23.4 Å². The molecule has 1 aliphatic rings. The van der Waals surface area contributed by atoms with Gasteiger partial charge < -0.3 is 14.6 Å². The van der Waals surface area contributed by atoms with Crippen LogP contribution in [0.1, 0.15) is 47.7 Å². The van der Waals surface area contributed by atoms with E-state index in [1.54, 1.807) is 24.3 Å². The quantitative estimate of drug-likeness (QED) is 0.130. The minimum atomic E-state index is -0.819. The molecular weight excluding hydrogens is 526 g/mol. The van der Waals surface area contributed by atoms with Gasteiger partial charge in [0.05, 0.1) is 18.2 Å². The van der Waals surface area contributed by atoms with E-state index < -0.39 is 17.7 Å². The Morgan fingerprint density at radius 2 is 1.60 bits per heavy atom. The van der Waals surface area contributed by atoms with Gasteiger partial charge >= 0.3 is 0 Å². The Kier molecular flexibility index (Phi) is 8.43. The van der Waals surface area contributed by atoms with Gasteiger partial charge in [0, 0.05) is 11.3 Å². The summed E-state index contributed by atoms with van der Waals surface area (Å²) in [5, 5.41) is 11.6. The van der Waals surface area contributed by atoms with E-state index in [2.05, 4.69) is 13.8 Å². The van der Waals surface area contributed by atoms with Crippen molar-refractivity contribution in [3.63, 3.8) is 0 Å². The second-order valence-electron chi connectivity index (χ2n) is 11.0. The predicted octanol–water partition coefficient (Wildman–Crippen LogP) is 7.54. The third-order valence-electron chi connectivity index (χ3n) is 7.19. The highest BCUT2D eigenvalue weighted by molar-refractivity contribution is 6.51. The van der Waals surface area contributed by atoms with Gasteiger partial charge in [-0.3, -0.25) is 14.5 Å². The molecule has 0 aromatic heterocycles. The van der Waals surface area contributed by atoms with Crippen LogP contribution in [0.2, 0.25) is 0 Å². The molecule has 6 nitrogen and oxygen atoms in total. The lowest BCUT2D eigenvalue weighted by Gasteiger charge is -2.26. The zero-order chi connectivity index (χ0) is 29.8. The lowest BCUT2D eigenvalue weighted by molar-refractivity contribution is -0.132. The smallest absolute Gasteiger partial charge is 0.300 e. The lowest BCUT2D eigenvalue weighted by Crippen LogP contribution is -2.29. The normalized spacial score (nSPS) is 16.2. The van der Waals surface area contributed by atoms with E-state index in [1.165, 1.54) is 4.90 Å². The maximum absolute atomic E-state index is 13.6. The molecule has 42 heavy (non-hydrogen) atoms. The predicted molar refractivity (Wildman–Crippen MR) is 165 cm³/mol. The molecule has 1 aliphatic heterocycles. The number of anilines is 1. The Balaban J connectivity index is 1.53. The summed E-state index contributed by atoms with van der Waals surface area (Å²) in [6.45, 7) is 8.95. The summed E-state index contributed by atoms with van der Waals surface area (Å²) in [5.41, 5.74) is 4.54. The fourth-order valence-corrected chi connectivity index (χ4v) is 5.05. The van der Waals surface area contributed by atoms with Crippen molar-refractivity contribution in [2.45, 2.75) is 40.3 Å². The molecule has 1 atom stereocenters. The molecule has 4 aromatic rings. The summed E-state index contributed by atoms with van der Waals surface area (Å²) in [6, 6.07) is 29.1. The highest BCUT2D eigenvalue weighted by atomic mass is 16.5. The SMILES string of the molecule is Cc1cccc(N2C(=O)C(=O)/C(=C(/O)c3ccc(OCc4ccccc4)c(C)c3)C2c2ccc(OCC(C)C)cc2)c1. The summed E-state index contributed by atoms with van der Waals surface area (Å²) < 4.78 is 11.9. The summed E-state index contributed by atoms with van der Waals surface area (Å²) in [6.07, 6.45) is 0. The third-order valence-corrected chi connectivity index (χ3v) is 7.19. The zero-order valence-electron chi connectivity index (χ0n) is 24.3. The second-order valence-corrected chi connectivity index (χ2v) is 11.0. The van der Waals surface area contributed by atoms with Crippen LogP contribution in [-0.2, 0) is 16.2 Å². The van der Waals surface area contributed by atoms with Crippen LogP contribution < -0.4 is 14.4 Å². The van der Waals surface area contributed by atoms with Gasteiger partial charge in [-0.25, -0.2) is 0 Å². The standard InChI is InChI=1S/C36H35NO5/c1-23(2)21-41-30-16-13-27(14-17-30)33-32(35(39)36(40)37(33)29-12-8-9-24(3)19-29)34(38)28-15-18-31(25(4)20-28)42-22-26-10-6-5-7-11-26/h5-20,23,33,38H,21-22H2,1-4H3/b34-32+. The molecule has 0 spiro atoms. The molecule has 0 bridgehead atoms. The number of ether oxygens (including phenoxy) is 2. The molecule has 6 heteroatoms. The Bertz CT molecular complexity index is 1620. The maximum Gasteiger partial charge on any atom is 0.300 e. The number of ketones is 1. The van der Waals surface area contributed by atoms with E-state index >= 15 is 0 Å². The van der Waals surface area contributed by atoms with Gasteiger partial charge in [-0.2, -0.15) is 0 Å². The van der Waals surface area contributed by atoms with Crippen molar-refractivity contribution in [1.29, 1.82) is 0 Å². The Hall–Kier alpha value is -4.84. The maximum atomic E-state index is 13.6. The summed E-state index contributed by atoms with van der Waals surface area (Å²) in [5.74, 6) is 0.0850. The molecule has 1 fully saturated rings. The number of hydrogen-bond acceptors (Lipinski definition) is 5. The molecule has 214 valence electrons. The lowest BCUT2D eigenvalue weighted by atomic mass is 9.94. The average molecular weight is 562 g/mol. The van der Waals surface area contributed by atoms with Crippen LogP contribution >= 0.6 is 0 Å². The molecule has 5 rings (SSSR count). The van der Waals surface area contributed by atoms with E-state index in [0.29, 0.717) is 47.4 Å². The Morgan fingerprint density at radius 3 is 2.26 bits per heavy atom. The van der Waals surface area contributed by atoms with E-state index in [9.17, 15) is 14.7 Å². The molecule has 1 unspecified atom stereocenters. The molecule has 4 aromatic carbocycles. The van der Waals surface area contributed by atoms with Crippen molar-refractivity contribution in [3.8, 4) is 11.5 Å². The zero-order valence-corrected chi connectivity index (χ0v) is 24.3. The van der Waals surface area contributed by atoms with Crippen molar-refractivity contribution in [2.24, 2.45) is 5.92 Å². The number of aliphatic hydroxyl groups is 1. The van der Waals surface area contributed by atoms with Gasteiger partial charge in [0.25, 0.3) is 11.7 Å². The number of carbonyl (C=O) groups is 2. The van der Waals surface area contributed by atoms with Crippen molar-refractivity contribution >= 4 is 23.1 Å². The summed E-state index contributed by atoms with van der Waals surface area (Å²) in [4.78, 5) is 28.6. The van der Waals surface area contributed by atoms with E-state index in [4.69, 9.17) is 9.47 Å². The molecule has 0 saturated carbocycles.